The summed E-state index contributed by atoms with van der Waals surface area (Å²) in [6.07, 6.45) is -1.42. The predicted octanol–water partition coefficient (Wildman–Crippen LogP) is 2.80. The van der Waals surface area contributed by atoms with Crippen LogP contribution in [0.3, 0.4) is 0 Å². The van der Waals surface area contributed by atoms with Crippen LogP contribution in [-0.2, 0) is 6.18 Å². The largest absolute Gasteiger partial charge is 0.416 e. The number of aromatic nitrogens is 6. The Labute approximate surface area is 129 Å². The molecule has 6 nitrogen and oxygen atoms in total. The molecule has 2 heterocycles. The third-order valence-electron chi connectivity index (χ3n) is 3.38. The number of nitrogens with zero attached hydrogens (tertiary/aromatic N) is 6. The van der Waals surface area contributed by atoms with Crippen molar-refractivity contribution in [1.29, 1.82) is 0 Å². The third-order valence-corrected chi connectivity index (χ3v) is 3.38. The molecule has 0 bridgehead atoms. The van der Waals surface area contributed by atoms with Crippen LogP contribution in [0.5, 0.6) is 0 Å². The van der Waals surface area contributed by atoms with Crippen LogP contribution in [0.2, 0.25) is 0 Å². The minimum atomic E-state index is -4.37. The number of hydrogen-bond donors (Lipinski definition) is 0. The molecule has 9 heteroatoms. The molecule has 0 amide bonds. The van der Waals surface area contributed by atoms with Gasteiger partial charge in [0.1, 0.15) is 24.5 Å². The lowest BCUT2D eigenvalue weighted by atomic mass is 10.2. The van der Waals surface area contributed by atoms with Gasteiger partial charge in [-0.15, -0.1) is 0 Å². The molecule has 3 aromatic rings. The van der Waals surface area contributed by atoms with Gasteiger partial charge in [-0.2, -0.15) is 23.4 Å². The Kier molecular flexibility index (Phi) is 3.63. The summed E-state index contributed by atoms with van der Waals surface area (Å²) in [6, 6.07) is 4.52. The van der Waals surface area contributed by atoms with E-state index in [0.717, 1.165) is 12.1 Å². The summed E-state index contributed by atoms with van der Waals surface area (Å²) < 4.78 is 41.1. The van der Waals surface area contributed by atoms with Gasteiger partial charge in [-0.25, -0.2) is 19.3 Å². The smallest absolute Gasteiger partial charge is 0.243 e. The molecule has 0 saturated heterocycles. The second-order valence-electron chi connectivity index (χ2n) is 5.03. The lowest BCUT2D eigenvalue weighted by Gasteiger charge is -2.13. The fraction of sp³-hybridized carbons (Fsp3) is 0.286. The van der Waals surface area contributed by atoms with Gasteiger partial charge in [0, 0.05) is 0 Å². The van der Waals surface area contributed by atoms with E-state index in [0.29, 0.717) is 17.3 Å². The van der Waals surface area contributed by atoms with Gasteiger partial charge in [-0.1, -0.05) is 0 Å². The summed E-state index contributed by atoms with van der Waals surface area (Å²) in [6.45, 7) is 3.58. The maximum absolute atomic E-state index is 12.7. The Morgan fingerprint density at radius 3 is 2.39 bits per heavy atom. The molecule has 3 rings (SSSR count). The van der Waals surface area contributed by atoms with E-state index in [1.807, 2.05) is 6.92 Å². The molecule has 1 aromatic carbocycles. The summed E-state index contributed by atoms with van der Waals surface area (Å²) in [5.41, 5.74) is -0.204. The molecule has 0 N–H and O–H groups in total. The van der Waals surface area contributed by atoms with Crippen molar-refractivity contribution in [1.82, 2.24) is 29.5 Å². The van der Waals surface area contributed by atoms with Gasteiger partial charge in [-0.3, -0.25) is 0 Å². The summed E-state index contributed by atoms with van der Waals surface area (Å²) in [5, 5.41) is 8.33. The van der Waals surface area contributed by atoms with Crippen LogP contribution in [-0.4, -0.2) is 29.5 Å². The maximum atomic E-state index is 12.7. The lowest BCUT2D eigenvalue weighted by molar-refractivity contribution is -0.137. The number of rotatable bonds is 3. The molecule has 2 aromatic heterocycles. The second kappa shape index (κ2) is 5.49. The number of alkyl halides is 3. The molecule has 0 unspecified atom stereocenters. The molecular formula is C14H13F3N6. The van der Waals surface area contributed by atoms with Crippen LogP contribution in [0.4, 0.5) is 13.2 Å². The topological polar surface area (TPSA) is 61.4 Å². The zero-order valence-corrected chi connectivity index (χ0v) is 12.4. The summed E-state index contributed by atoms with van der Waals surface area (Å²) in [5.74, 6) is 1.08. The minimum absolute atomic E-state index is 0.263. The Morgan fingerprint density at radius 1 is 1.13 bits per heavy atom. The minimum Gasteiger partial charge on any atom is -0.243 e. The Hall–Kier alpha value is -2.71. The molecule has 0 aliphatic rings. The molecule has 0 aliphatic carbocycles. The van der Waals surface area contributed by atoms with Gasteiger partial charge >= 0.3 is 6.18 Å². The van der Waals surface area contributed by atoms with E-state index in [9.17, 15) is 13.2 Å². The maximum Gasteiger partial charge on any atom is 0.416 e. The Morgan fingerprint density at radius 2 is 1.83 bits per heavy atom. The van der Waals surface area contributed by atoms with Gasteiger partial charge in [0.15, 0.2) is 5.82 Å². The van der Waals surface area contributed by atoms with Crippen molar-refractivity contribution >= 4 is 0 Å². The number of halogens is 3. The van der Waals surface area contributed by atoms with Crippen molar-refractivity contribution in [2.75, 3.05) is 0 Å². The quantitative estimate of drug-likeness (QED) is 0.744. The predicted molar refractivity (Wildman–Crippen MR) is 74.9 cm³/mol. The van der Waals surface area contributed by atoms with Crippen molar-refractivity contribution < 1.29 is 13.2 Å². The van der Waals surface area contributed by atoms with Crippen molar-refractivity contribution in [3.63, 3.8) is 0 Å². The van der Waals surface area contributed by atoms with E-state index < -0.39 is 11.7 Å². The Balaban J connectivity index is 2.00. The van der Waals surface area contributed by atoms with Crippen molar-refractivity contribution in [2.24, 2.45) is 0 Å². The van der Waals surface area contributed by atoms with Crippen molar-refractivity contribution in [3.05, 3.63) is 54.1 Å². The van der Waals surface area contributed by atoms with Gasteiger partial charge < -0.3 is 0 Å². The zero-order chi connectivity index (χ0) is 16.6. The van der Waals surface area contributed by atoms with E-state index >= 15 is 0 Å². The molecule has 0 saturated carbocycles. The molecule has 23 heavy (non-hydrogen) atoms. The third kappa shape index (κ3) is 2.94. The second-order valence-corrected chi connectivity index (χ2v) is 5.03. The van der Waals surface area contributed by atoms with Gasteiger partial charge in [-0.05, 0) is 38.1 Å². The van der Waals surface area contributed by atoms with E-state index in [1.165, 1.54) is 23.1 Å². The fourth-order valence-corrected chi connectivity index (χ4v) is 2.22. The van der Waals surface area contributed by atoms with E-state index in [1.54, 1.807) is 17.9 Å². The zero-order valence-electron chi connectivity index (χ0n) is 12.4. The average molecular weight is 322 g/mol. The highest BCUT2D eigenvalue weighted by atomic mass is 19.4. The Bertz CT molecular complexity index is 789. The summed E-state index contributed by atoms with van der Waals surface area (Å²) in [4.78, 5) is 8.24. The van der Waals surface area contributed by atoms with Crippen LogP contribution in [0, 0.1) is 6.92 Å². The summed E-state index contributed by atoms with van der Waals surface area (Å²) >= 11 is 0. The molecule has 0 radical (unpaired) electrons. The van der Waals surface area contributed by atoms with Gasteiger partial charge in [0.05, 0.1) is 11.3 Å². The number of aryl methyl sites for hydroxylation is 1. The van der Waals surface area contributed by atoms with Crippen LogP contribution < -0.4 is 0 Å². The molecule has 0 fully saturated rings. The fourth-order valence-electron chi connectivity index (χ4n) is 2.22. The summed E-state index contributed by atoms with van der Waals surface area (Å²) in [7, 11) is 0. The lowest BCUT2D eigenvalue weighted by Crippen LogP contribution is -2.14. The highest BCUT2D eigenvalue weighted by Gasteiger charge is 2.30. The number of benzene rings is 1. The molecule has 0 spiro atoms. The first-order valence-electron chi connectivity index (χ1n) is 6.81. The normalized spacial score (nSPS) is 13.3. The van der Waals surface area contributed by atoms with Crippen LogP contribution in [0.1, 0.15) is 30.2 Å². The number of hydrogen-bond acceptors (Lipinski definition) is 4. The van der Waals surface area contributed by atoms with Crippen LogP contribution in [0.15, 0.2) is 36.9 Å². The van der Waals surface area contributed by atoms with Crippen molar-refractivity contribution in [3.8, 4) is 5.69 Å². The highest BCUT2D eigenvalue weighted by molar-refractivity contribution is 5.36. The average Bonchev–Trinajstić information content (AvgIpc) is 3.15. The first-order chi connectivity index (χ1) is 10.9. The highest BCUT2D eigenvalue weighted by Crippen LogP contribution is 2.30. The van der Waals surface area contributed by atoms with Gasteiger partial charge in [0.2, 0.25) is 0 Å². The molecular weight excluding hydrogens is 309 g/mol. The van der Waals surface area contributed by atoms with E-state index in [2.05, 4.69) is 20.2 Å². The van der Waals surface area contributed by atoms with Gasteiger partial charge in [0.25, 0.3) is 0 Å². The first-order valence-corrected chi connectivity index (χ1v) is 6.81. The van der Waals surface area contributed by atoms with E-state index in [4.69, 9.17) is 0 Å². The van der Waals surface area contributed by atoms with Crippen LogP contribution >= 0.6 is 0 Å². The molecule has 0 aliphatic heterocycles. The monoisotopic (exact) mass is 322 g/mol. The SMILES string of the molecule is Cc1nc([C@H](C)n2cncn2)n(-c2ccc(C(F)(F)F)cc2)n1. The van der Waals surface area contributed by atoms with E-state index in [-0.39, 0.29) is 6.04 Å². The first kappa shape index (κ1) is 15.2. The standard InChI is InChI=1S/C14H13F3N6/c1-9(22-8-18-7-19-22)13-20-10(2)21-23(13)12-5-3-11(4-6-12)14(15,16)17/h3-9H,1-2H3/t9-/m0/s1. The van der Waals surface area contributed by atoms with Crippen LogP contribution in [0.25, 0.3) is 5.69 Å². The van der Waals surface area contributed by atoms with Crippen molar-refractivity contribution in [2.45, 2.75) is 26.1 Å². The molecule has 120 valence electrons. The molecule has 1 atom stereocenters.